The van der Waals surface area contributed by atoms with Crippen LogP contribution in [0.2, 0.25) is 0 Å². The highest BCUT2D eigenvalue weighted by Gasteiger charge is 2.51. The van der Waals surface area contributed by atoms with Gasteiger partial charge in [-0.1, -0.05) is 102 Å². The summed E-state index contributed by atoms with van der Waals surface area (Å²) in [7, 11) is 0. The molecule has 3 heteroatoms. The predicted octanol–water partition coefficient (Wildman–Crippen LogP) is 9.86. The largest absolute Gasteiger partial charge is 0.310 e. The van der Waals surface area contributed by atoms with Gasteiger partial charge in [-0.2, -0.15) is 0 Å². The molecule has 3 nitrogen and oxygen atoms in total. The number of pyridine rings is 1. The van der Waals surface area contributed by atoms with E-state index in [1.165, 1.54) is 39.1 Å². The van der Waals surface area contributed by atoms with Crippen LogP contribution in [-0.2, 0) is 5.41 Å². The Hall–Kier alpha value is -5.41. The molecule has 3 heterocycles. The molecular weight excluding hydrogens is 548 g/mol. The number of aryl methyl sites for hydroxylation is 4. The summed E-state index contributed by atoms with van der Waals surface area (Å²) in [5.41, 5.74) is 14.3. The summed E-state index contributed by atoms with van der Waals surface area (Å²) >= 11 is 0. The van der Waals surface area contributed by atoms with Gasteiger partial charge in [0.1, 0.15) is 0 Å². The maximum atomic E-state index is 14.5. The second-order valence-corrected chi connectivity index (χ2v) is 12.8. The van der Waals surface area contributed by atoms with Gasteiger partial charge >= 0.3 is 0 Å². The number of nitrogens with zero attached hydrogens (tertiary/aromatic N) is 2. The first-order valence-electron chi connectivity index (χ1n) is 15.7. The van der Waals surface area contributed by atoms with Crippen LogP contribution < -0.4 is 10.5 Å². The minimum atomic E-state index is -0.650. The topological polar surface area (TPSA) is 25.2 Å². The van der Waals surface area contributed by atoms with Crippen LogP contribution in [0, 0.1) is 27.7 Å². The van der Waals surface area contributed by atoms with Crippen LogP contribution in [0.3, 0.4) is 0 Å². The van der Waals surface area contributed by atoms with Gasteiger partial charge in [0, 0.05) is 16.5 Å². The molecule has 0 radical (unpaired) electrons. The number of para-hydroxylation sites is 2. The van der Waals surface area contributed by atoms with Crippen molar-refractivity contribution in [2.45, 2.75) is 33.1 Å². The molecule has 2 aliphatic rings. The van der Waals surface area contributed by atoms with Crippen LogP contribution in [0.25, 0.3) is 27.4 Å². The molecule has 0 N–H and O–H groups in total. The molecule has 1 aromatic heterocycles. The highest BCUT2D eigenvalue weighted by atomic mass is 16.1. The minimum absolute atomic E-state index is 0.0254. The molecule has 0 atom stereocenters. The van der Waals surface area contributed by atoms with Crippen molar-refractivity contribution in [3.8, 4) is 5.69 Å². The number of hydrogen-bond donors (Lipinski definition) is 0. The lowest BCUT2D eigenvalue weighted by atomic mass is 9.60. The standard InChI is InChI=1S/C42H32N2O/c1-25-17-19-36(28(4)21-25)43-37-15-9-7-13-32(37)42(33-14-8-10-16-38(33)43)34-23-26(2)18-20-39(34)44-40-31(22-27(3)24-35(40)42)29-11-5-6-12-30(29)41(44)45/h5-24H,1-4H3. The molecule has 0 aliphatic carbocycles. The van der Waals surface area contributed by atoms with Crippen molar-refractivity contribution in [1.29, 1.82) is 0 Å². The third kappa shape index (κ3) is 3.28. The van der Waals surface area contributed by atoms with Gasteiger partial charge < -0.3 is 4.90 Å². The molecule has 6 aromatic carbocycles. The number of fused-ring (bicyclic) bond motifs is 10. The SMILES string of the molecule is Cc1ccc(N2c3ccccc3C3(c4ccccc42)c2cc(C)ccc2-n2c(=O)c4ccccc4c4cc(C)cc3c42)c(C)c1. The van der Waals surface area contributed by atoms with Crippen LogP contribution in [0.1, 0.15) is 44.5 Å². The Balaban J connectivity index is 1.54. The number of hydrogen-bond acceptors (Lipinski definition) is 2. The molecule has 0 saturated carbocycles. The third-order valence-corrected chi connectivity index (χ3v) is 10.0. The maximum absolute atomic E-state index is 14.5. The zero-order valence-electron chi connectivity index (χ0n) is 25.8. The molecule has 0 bridgehead atoms. The van der Waals surface area contributed by atoms with E-state index in [0.29, 0.717) is 0 Å². The van der Waals surface area contributed by atoms with Gasteiger partial charge in [0.05, 0.1) is 28.0 Å². The van der Waals surface area contributed by atoms with Gasteiger partial charge in [-0.3, -0.25) is 9.36 Å². The highest BCUT2D eigenvalue weighted by molar-refractivity contribution is 6.09. The van der Waals surface area contributed by atoms with Crippen molar-refractivity contribution in [3.05, 3.63) is 176 Å². The number of benzene rings is 6. The molecule has 9 rings (SSSR count). The molecule has 7 aromatic rings. The van der Waals surface area contributed by atoms with Crippen molar-refractivity contribution in [3.63, 3.8) is 0 Å². The minimum Gasteiger partial charge on any atom is -0.310 e. The van der Waals surface area contributed by atoms with Crippen molar-refractivity contribution in [2.24, 2.45) is 0 Å². The molecule has 0 fully saturated rings. The van der Waals surface area contributed by atoms with Gasteiger partial charge in [-0.05, 0) is 97.3 Å². The van der Waals surface area contributed by atoms with Crippen LogP contribution in [0.5, 0.6) is 0 Å². The van der Waals surface area contributed by atoms with Crippen LogP contribution in [0.4, 0.5) is 17.1 Å². The van der Waals surface area contributed by atoms with E-state index < -0.39 is 5.41 Å². The van der Waals surface area contributed by atoms with E-state index in [-0.39, 0.29) is 5.56 Å². The Morgan fingerprint density at radius 3 is 1.73 bits per heavy atom. The van der Waals surface area contributed by atoms with Crippen LogP contribution in [-0.4, -0.2) is 4.57 Å². The molecular formula is C42H32N2O. The second-order valence-electron chi connectivity index (χ2n) is 12.8. The lowest BCUT2D eigenvalue weighted by Gasteiger charge is -2.49. The molecule has 45 heavy (non-hydrogen) atoms. The van der Waals surface area contributed by atoms with Crippen molar-refractivity contribution in [1.82, 2.24) is 4.57 Å². The lowest BCUT2D eigenvalue weighted by molar-refractivity contribution is 0.707. The first kappa shape index (κ1) is 26.0. The smallest absolute Gasteiger partial charge is 0.263 e. The Kier molecular flexibility index (Phi) is 5.24. The summed E-state index contributed by atoms with van der Waals surface area (Å²) in [6.07, 6.45) is 0. The summed E-state index contributed by atoms with van der Waals surface area (Å²) in [4.78, 5) is 17.0. The summed E-state index contributed by atoms with van der Waals surface area (Å²) in [5, 5.41) is 2.85. The average molecular weight is 581 g/mol. The summed E-state index contributed by atoms with van der Waals surface area (Å²) < 4.78 is 1.99. The first-order valence-corrected chi connectivity index (χ1v) is 15.7. The van der Waals surface area contributed by atoms with E-state index in [1.54, 1.807) is 0 Å². The fourth-order valence-corrected chi connectivity index (χ4v) is 8.30. The number of rotatable bonds is 1. The third-order valence-electron chi connectivity index (χ3n) is 10.0. The number of anilines is 3. The average Bonchev–Trinajstić information content (AvgIpc) is 3.05. The molecule has 0 amide bonds. The highest BCUT2D eigenvalue weighted by Crippen LogP contribution is 2.61. The fraction of sp³-hybridized carbons (Fsp3) is 0.119. The second kappa shape index (κ2) is 9.06. The number of aromatic nitrogens is 1. The summed E-state index contributed by atoms with van der Waals surface area (Å²) in [5.74, 6) is 0. The van der Waals surface area contributed by atoms with Gasteiger partial charge in [0.15, 0.2) is 0 Å². The summed E-state index contributed by atoms with van der Waals surface area (Å²) in [6.45, 7) is 8.69. The maximum Gasteiger partial charge on any atom is 0.263 e. The monoisotopic (exact) mass is 580 g/mol. The molecule has 0 unspecified atom stereocenters. The molecule has 2 aliphatic heterocycles. The predicted molar refractivity (Wildman–Crippen MR) is 186 cm³/mol. The first-order chi connectivity index (χ1) is 21.9. The van der Waals surface area contributed by atoms with Crippen molar-refractivity contribution in [2.75, 3.05) is 4.90 Å². The van der Waals surface area contributed by atoms with Gasteiger partial charge in [-0.15, -0.1) is 0 Å². The Morgan fingerprint density at radius 1 is 0.467 bits per heavy atom. The van der Waals surface area contributed by atoms with E-state index >= 15 is 0 Å². The quantitative estimate of drug-likeness (QED) is 0.181. The van der Waals surface area contributed by atoms with E-state index in [1.807, 2.05) is 22.8 Å². The Morgan fingerprint density at radius 2 is 1.04 bits per heavy atom. The van der Waals surface area contributed by atoms with Gasteiger partial charge in [0.25, 0.3) is 5.56 Å². The van der Waals surface area contributed by atoms with Crippen molar-refractivity contribution < 1.29 is 0 Å². The van der Waals surface area contributed by atoms with Gasteiger partial charge in [-0.25, -0.2) is 0 Å². The molecule has 216 valence electrons. The van der Waals surface area contributed by atoms with E-state index in [0.717, 1.165) is 49.9 Å². The summed E-state index contributed by atoms with van der Waals surface area (Å²) in [6, 6.07) is 43.7. The van der Waals surface area contributed by atoms with Crippen LogP contribution in [0.15, 0.2) is 126 Å². The normalized spacial score (nSPS) is 14.0. The van der Waals surface area contributed by atoms with Crippen LogP contribution >= 0.6 is 0 Å². The lowest BCUT2D eigenvalue weighted by Crippen LogP contribution is -2.42. The molecule has 1 spiro atoms. The zero-order valence-corrected chi connectivity index (χ0v) is 25.8. The molecule has 0 saturated heterocycles. The van der Waals surface area contributed by atoms with E-state index in [2.05, 4.69) is 136 Å². The Labute approximate surface area is 262 Å². The van der Waals surface area contributed by atoms with Gasteiger partial charge in [0.2, 0.25) is 0 Å². The van der Waals surface area contributed by atoms with Crippen molar-refractivity contribution >= 4 is 38.7 Å². The fourth-order valence-electron chi connectivity index (χ4n) is 8.30. The Bertz CT molecular complexity index is 2420. The van der Waals surface area contributed by atoms with E-state index in [4.69, 9.17) is 0 Å². The van der Waals surface area contributed by atoms with E-state index in [9.17, 15) is 4.79 Å². The zero-order chi connectivity index (χ0) is 30.6.